The zero-order valence-corrected chi connectivity index (χ0v) is 16.3. The lowest BCUT2D eigenvalue weighted by atomic mass is 10.1. The third-order valence-electron chi connectivity index (χ3n) is 4.16. The van der Waals surface area contributed by atoms with E-state index in [0.717, 1.165) is 11.1 Å². The van der Waals surface area contributed by atoms with Gasteiger partial charge in [-0.25, -0.2) is 4.79 Å². The van der Waals surface area contributed by atoms with E-state index in [2.05, 4.69) is 5.32 Å². The van der Waals surface area contributed by atoms with Gasteiger partial charge in [-0.3, -0.25) is 9.59 Å². The summed E-state index contributed by atoms with van der Waals surface area (Å²) >= 11 is 0. The van der Waals surface area contributed by atoms with Gasteiger partial charge < -0.3 is 19.5 Å². The lowest BCUT2D eigenvalue weighted by Crippen LogP contribution is -2.24. The molecule has 0 atom stereocenters. The number of benzene rings is 2. The summed E-state index contributed by atoms with van der Waals surface area (Å²) in [5.74, 6) is -0.629. The maximum atomic E-state index is 12.0. The number of hydrogen-bond donors (Lipinski definition) is 1. The Morgan fingerprint density at radius 1 is 1.00 bits per heavy atom. The van der Waals surface area contributed by atoms with Gasteiger partial charge in [0, 0.05) is 11.3 Å². The number of Topliss-reactive ketones (excluding diaryl/α,β-unsaturated/α-hetero) is 1. The van der Waals surface area contributed by atoms with Gasteiger partial charge >= 0.3 is 5.97 Å². The fourth-order valence-electron chi connectivity index (χ4n) is 2.40. The maximum Gasteiger partial charge on any atom is 0.344 e. The van der Waals surface area contributed by atoms with Gasteiger partial charge in [-0.15, -0.1) is 0 Å². The predicted molar refractivity (Wildman–Crippen MR) is 104 cm³/mol. The van der Waals surface area contributed by atoms with Gasteiger partial charge in [0.2, 0.25) is 0 Å². The molecule has 0 aliphatic carbocycles. The Morgan fingerprint density at radius 3 is 2.43 bits per heavy atom. The standard InChI is InChI=1S/C21H23NO6/c1-13-6-5-7-17(14(13)2)22-20(24)11-28-21(25)12-27-18-9-8-16(15(3)23)10-19(18)26-4/h5-10H,11-12H2,1-4H3,(H,22,24). The lowest BCUT2D eigenvalue weighted by Gasteiger charge is -2.12. The van der Waals surface area contributed by atoms with Crippen molar-refractivity contribution in [1.82, 2.24) is 0 Å². The minimum atomic E-state index is -0.700. The Labute approximate surface area is 163 Å². The summed E-state index contributed by atoms with van der Waals surface area (Å²) in [4.78, 5) is 35.2. The molecule has 28 heavy (non-hydrogen) atoms. The Hall–Kier alpha value is -3.35. The number of carbonyl (C=O) groups is 3. The first-order valence-electron chi connectivity index (χ1n) is 8.65. The summed E-state index contributed by atoms with van der Waals surface area (Å²) in [6, 6.07) is 10.2. The molecule has 0 saturated heterocycles. The number of carbonyl (C=O) groups excluding carboxylic acids is 3. The lowest BCUT2D eigenvalue weighted by molar-refractivity contribution is -0.149. The summed E-state index contributed by atoms with van der Waals surface area (Å²) in [7, 11) is 1.43. The molecule has 0 unspecified atom stereocenters. The number of nitrogens with one attached hydrogen (secondary N) is 1. The number of methoxy groups -OCH3 is 1. The third-order valence-corrected chi connectivity index (χ3v) is 4.16. The van der Waals surface area contributed by atoms with Crippen LogP contribution in [0.3, 0.4) is 0 Å². The van der Waals surface area contributed by atoms with Crippen molar-refractivity contribution >= 4 is 23.3 Å². The molecule has 0 heterocycles. The van der Waals surface area contributed by atoms with Crippen LogP contribution in [0.1, 0.15) is 28.4 Å². The number of ether oxygens (including phenoxy) is 3. The molecule has 7 heteroatoms. The van der Waals surface area contributed by atoms with Gasteiger partial charge in [-0.2, -0.15) is 0 Å². The highest BCUT2D eigenvalue weighted by atomic mass is 16.6. The molecule has 0 aromatic heterocycles. The van der Waals surface area contributed by atoms with Crippen molar-refractivity contribution in [1.29, 1.82) is 0 Å². The van der Waals surface area contributed by atoms with E-state index < -0.39 is 25.1 Å². The van der Waals surface area contributed by atoms with Crippen LogP contribution in [0.15, 0.2) is 36.4 Å². The van der Waals surface area contributed by atoms with Gasteiger partial charge in [0.1, 0.15) is 0 Å². The van der Waals surface area contributed by atoms with Crippen LogP contribution in [0, 0.1) is 13.8 Å². The van der Waals surface area contributed by atoms with Crippen molar-refractivity contribution in [2.24, 2.45) is 0 Å². The van der Waals surface area contributed by atoms with E-state index >= 15 is 0 Å². The van der Waals surface area contributed by atoms with Crippen molar-refractivity contribution in [3.05, 3.63) is 53.1 Å². The average Bonchev–Trinajstić information content (AvgIpc) is 2.68. The first kappa shape index (κ1) is 21.0. The van der Waals surface area contributed by atoms with Crippen molar-refractivity contribution in [3.8, 4) is 11.5 Å². The zero-order chi connectivity index (χ0) is 20.7. The molecule has 1 amide bonds. The monoisotopic (exact) mass is 385 g/mol. The van der Waals surface area contributed by atoms with Gasteiger partial charge in [0.25, 0.3) is 5.91 Å². The summed E-state index contributed by atoms with van der Waals surface area (Å²) in [6.45, 7) is 4.47. The first-order chi connectivity index (χ1) is 13.3. The quantitative estimate of drug-likeness (QED) is 0.555. The molecule has 0 aliphatic rings. The van der Waals surface area contributed by atoms with Crippen LogP contribution in [-0.2, 0) is 14.3 Å². The van der Waals surface area contributed by atoms with Gasteiger partial charge in [-0.05, 0) is 56.2 Å². The van der Waals surface area contributed by atoms with Crippen molar-refractivity contribution < 1.29 is 28.6 Å². The van der Waals surface area contributed by atoms with E-state index in [-0.39, 0.29) is 5.78 Å². The molecule has 2 aromatic rings. The zero-order valence-electron chi connectivity index (χ0n) is 16.3. The van der Waals surface area contributed by atoms with Crippen LogP contribution >= 0.6 is 0 Å². The summed E-state index contributed by atoms with van der Waals surface area (Å²) in [5, 5.41) is 2.71. The molecule has 0 aliphatic heterocycles. The molecule has 148 valence electrons. The fourth-order valence-corrected chi connectivity index (χ4v) is 2.40. The summed E-state index contributed by atoms with van der Waals surface area (Å²) in [5.41, 5.74) is 3.14. The number of esters is 1. The van der Waals surface area contributed by atoms with E-state index in [0.29, 0.717) is 22.7 Å². The predicted octanol–water partition coefficient (Wildman–Crippen LogP) is 3.08. The van der Waals surface area contributed by atoms with E-state index in [4.69, 9.17) is 14.2 Å². The molecular weight excluding hydrogens is 362 g/mol. The average molecular weight is 385 g/mol. The molecule has 0 bridgehead atoms. The van der Waals surface area contributed by atoms with Crippen LogP contribution in [-0.4, -0.2) is 38.0 Å². The summed E-state index contributed by atoms with van der Waals surface area (Å²) < 4.78 is 15.5. The van der Waals surface area contributed by atoms with Crippen LogP contribution < -0.4 is 14.8 Å². The number of amides is 1. The second-order valence-corrected chi connectivity index (χ2v) is 6.17. The molecule has 0 radical (unpaired) electrons. The molecule has 2 rings (SSSR count). The van der Waals surface area contributed by atoms with Crippen LogP contribution in [0.25, 0.3) is 0 Å². The van der Waals surface area contributed by atoms with E-state index in [9.17, 15) is 14.4 Å². The molecule has 0 fully saturated rings. The topological polar surface area (TPSA) is 90.9 Å². The minimum Gasteiger partial charge on any atom is -0.493 e. The van der Waals surface area contributed by atoms with Crippen molar-refractivity contribution in [2.45, 2.75) is 20.8 Å². The number of rotatable bonds is 8. The Bertz CT molecular complexity index is 890. The highest BCUT2D eigenvalue weighted by Gasteiger charge is 2.13. The van der Waals surface area contributed by atoms with E-state index in [1.54, 1.807) is 12.1 Å². The number of ketones is 1. The van der Waals surface area contributed by atoms with Crippen LogP contribution in [0.2, 0.25) is 0 Å². The second-order valence-electron chi connectivity index (χ2n) is 6.17. The Morgan fingerprint density at radius 2 is 1.75 bits per heavy atom. The molecule has 1 N–H and O–H groups in total. The SMILES string of the molecule is COc1cc(C(C)=O)ccc1OCC(=O)OCC(=O)Nc1cccc(C)c1C. The van der Waals surface area contributed by atoms with Crippen LogP contribution in [0.4, 0.5) is 5.69 Å². The maximum absolute atomic E-state index is 12.0. The van der Waals surface area contributed by atoms with Gasteiger partial charge in [0.05, 0.1) is 7.11 Å². The van der Waals surface area contributed by atoms with Crippen molar-refractivity contribution in [3.63, 3.8) is 0 Å². The van der Waals surface area contributed by atoms with Gasteiger partial charge in [-0.1, -0.05) is 12.1 Å². The molecule has 7 nitrogen and oxygen atoms in total. The van der Waals surface area contributed by atoms with E-state index in [1.807, 2.05) is 26.0 Å². The smallest absolute Gasteiger partial charge is 0.344 e. The molecule has 2 aromatic carbocycles. The fraction of sp³-hybridized carbons (Fsp3) is 0.286. The van der Waals surface area contributed by atoms with Gasteiger partial charge in [0.15, 0.2) is 30.5 Å². The highest BCUT2D eigenvalue weighted by molar-refractivity contribution is 5.95. The van der Waals surface area contributed by atoms with Crippen molar-refractivity contribution in [2.75, 3.05) is 25.6 Å². The molecular formula is C21H23NO6. The molecule has 0 saturated carbocycles. The molecule has 0 spiro atoms. The minimum absolute atomic E-state index is 0.112. The Balaban J connectivity index is 1.85. The normalized spacial score (nSPS) is 10.1. The first-order valence-corrected chi connectivity index (χ1v) is 8.65. The number of anilines is 1. The van der Waals surface area contributed by atoms with Crippen LogP contribution in [0.5, 0.6) is 11.5 Å². The highest BCUT2D eigenvalue weighted by Crippen LogP contribution is 2.28. The third kappa shape index (κ3) is 5.57. The van der Waals surface area contributed by atoms with E-state index in [1.165, 1.54) is 26.2 Å². The Kier molecular flexibility index (Phi) is 7.14. The largest absolute Gasteiger partial charge is 0.493 e. The number of aryl methyl sites for hydroxylation is 1. The number of hydrogen-bond acceptors (Lipinski definition) is 6. The second kappa shape index (κ2) is 9.55. The summed E-state index contributed by atoms with van der Waals surface area (Å²) in [6.07, 6.45) is 0.